The summed E-state index contributed by atoms with van der Waals surface area (Å²) in [4.78, 5) is 4.27. The Balaban J connectivity index is 1.76. The molecule has 0 saturated carbocycles. The lowest BCUT2D eigenvalue weighted by molar-refractivity contribution is 0.275. The highest BCUT2D eigenvalue weighted by atomic mass is 19.1. The van der Waals surface area contributed by atoms with Gasteiger partial charge in [-0.3, -0.25) is 0 Å². The van der Waals surface area contributed by atoms with Gasteiger partial charge in [-0.25, -0.2) is 4.39 Å². The maximum atomic E-state index is 14.4. The van der Waals surface area contributed by atoms with Crippen LogP contribution in [0.15, 0.2) is 54.6 Å². The zero-order valence-corrected chi connectivity index (χ0v) is 15.1. The summed E-state index contributed by atoms with van der Waals surface area (Å²) in [5, 5.41) is 17.4. The van der Waals surface area contributed by atoms with Gasteiger partial charge in [-0.15, -0.1) is 0 Å². The fourth-order valence-corrected chi connectivity index (χ4v) is 3.41. The van der Waals surface area contributed by atoms with E-state index in [1.54, 1.807) is 12.1 Å². The van der Waals surface area contributed by atoms with Crippen molar-refractivity contribution in [3.63, 3.8) is 0 Å². The van der Waals surface area contributed by atoms with E-state index < -0.39 is 0 Å². The van der Waals surface area contributed by atoms with E-state index in [4.69, 9.17) is 5.11 Å². The number of likely N-dealkylation sites (N-methyl/N-ethyl adjacent to an activating group) is 1. The van der Waals surface area contributed by atoms with Crippen molar-refractivity contribution in [3.05, 3.63) is 71.7 Å². The first-order chi connectivity index (χ1) is 13.2. The molecule has 0 amide bonds. The topological polar surface area (TPSA) is 52.5 Å². The third-order valence-corrected chi connectivity index (χ3v) is 4.84. The van der Waals surface area contributed by atoms with Gasteiger partial charge in [-0.05, 0) is 49.0 Å². The molecule has 6 heteroatoms. The Morgan fingerprint density at radius 3 is 2.59 bits per heavy atom. The third kappa shape index (κ3) is 3.54. The first-order valence-electron chi connectivity index (χ1n) is 8.93. The zero-order valence-electron chi connectivity index (χ0n) is 15.1. The van der Waals surface area contributed by atoms with E-state index in [0.29, 0.717) is 11.4 Å². The maximum Gasteiger partial charge on any atom is 0.146 e. The van der Waals surface area contributed by atoms with Crippen molar-refractivity contribution >= 4 is 11.4 Å². The summed E-state index contributed by atoms with van der Waals surface area (Å²) < 4.78 is 14.4. The summed E-state index contributed by atoms with van der Waals surface area (Å²) in [5.74, 6) is -0.220. The molecule has 1 N–H and O–H groups in total. The number of hydrogen-bond acceptors (Lipinski definition) is 5. The molecule has 1 aromatic heterocycles. The van der Waals surface area contributed by atoms with Gasteiger partial charge in [-0.1, -0.05) is 18.2 Å². The molecule has 4 rings (SSSR count). The molecule has 27 heavy (non-hydrogen) atoms. The van der Waals surface area contributed by atoms with E-state index in [2.05, 4.69) is 28.2 Å². The van der Waals surface area contributed by atoms with Crippen LogP contribution in [0.3, 0.4) is 0 Å². The molecule has 0 aliphatic carbocycles. The maximum absolute atomic E-state index is 14.4. The van der Waals surface area contributed by atoms with Crippen LogP contribution >= 0.6 is 0 Å². The molecule has 0 atom stereocenters. The standard InChI is InChI=1S/C21H21FN4O/c1-25-10-11-26(21-5-3-2-4-18(21)22)20-9-6-15(12-16(20)13-25)19-8-7-17(14-27)23-24-19/h2-9,12,27H,10-11,13-14H2,1H3. The third-order valence-electron chi connectivity index (χ3n) is 4.84. The summed E-state index contributed by atoms with van der Waals surface area (Å²) >= 11 is 0. The first kappa shape index (κ1) is 17.6. The van der Waals surface area contributed by atoms with Crippen LogP contribution in [0, 0.1) is 5.82 Å². The Kier molecular flexibility index (Phi) is 4.83. The van der Waals surface area contributed by atoms with Crippen molar-refractivity contribution in [3.8, 4) is 11.3 Å². The van der Waals surface area contributed by atoms with Crippen LogP contribution in [-0.2, 0) is 13.2 Å². The minimum atomic E-state index is -0.220. The van der Waals surface area contributed by atoms with Gasteiger partial charge in [0.1, 0.15) is 5.82 Å². The number of anilines is 2. The van der Waals surface area contributed by atoms with Gasteiger partial charge in [0.2, 0.25) is 0 Å². The van der Waals surface area contributed by atoms with Crippen LogP contribution in [0.2, 0.25) is 0 Å². The van der Waals surface area contributed by atoms with Crippen LogP contribution in [0.5, 0.6) is 0 Å². The van der Waals surface area contributed by atoms with Crippen LogP contribution in [-0.4, -0.2) is 40.3 Å². The number of halogens is 1. The predicted molar refractivity (Wildman–Crippen MR) is 103 cm³/mol. The number of para-hydroxylation sites is 1. The van der Waals surface area contributed by atoms with Gasteiger partial charge in [0, 0.05) is 30.9 Å². The molecule has 0 unspecified atom stereocenters. The molecule has 1 aliphatic rings. The Hall–Kier alpha value is -2.83. The van der Waals surface area contributed by atoms with Crippen LogP contribution < -0.4 is 4.90 Å². The first-order valence-corrected chi connectivity index (χ1v) is 8.93. The summed E-state index contributed by atoms with van der Waals surface area (Å²) in [5.41, 5.74) is 4.96. The quantitative estimate of drug-likeness (QED) is 0.772. The minimum absolute atomic E-state index is 0.125. The number of rotatable bonds is 3. The molecule has 0 fully saturated rings. The smallest absolute Gasteiger partial charge is 0.146 e. The highest BCUT2D eigenvalue weighted by Gasteiger charge is 2.21. The van der Waals surface area contributed by atoms with Gasteiger partial charge in [0.15, 0.2) is 0 Å². The van der Waals surface area contributed by atoms with E-state index in [1.807, 2.05) is 35.2 Å². The lowest BCUT2D eigenvalue weighted by atomic mass is 10.0. The van der Waals surface area contributed by atoms with E-state index in [0.717, 1.165) is 42.1 Å². The Morgan fingerprint density at radius 1 is 1.00 bits per heavy atom. The lowest BCUT2D eigenvalue weighted by Gasteiger charge is -2.25. The van der Waals surface area contributed by atoms with Gasteiger partial charge in [0.25, 0.3) is 0 Å². The van der Waals surface area contributed by atoms with Crippen molar-refractivity contribution in [1.29, 1.82) is 0 Å². The fourth-order valence-electron chi connectivity index (χ4n) is 3.41. The highest BCUT2D eigenvalue weighted by molar-refractivity contribution is 5.72. The number of benzene rings is 2. The van der Waals surface area contributed by atoms with Crippen molar-refractivity contribution in [2.24, 2.45) is 0 Å². The molecule has 1 aliphatic heterocycles. The van der Waals surface area contributed by atoms with E-state index >= 15 is 0 Å². The SMILES string of the molecule is CN1CCN(c2ccccc2F)c2ccc(-c3ccc(CO)nn3)cc2C1. The van der Waals surface area contributed by atoms with Crippen molar-refractivity contribution in [2.75, 3.05) is 25.0 Å². The second-order valence-electron chi connectivity index (χ2n) is 6.75. The van der Waals surface area contributed by atoms with Crippen LogP contribution in [0.4, 0.5) is 15.8 Å². The van der Waals surface area contributed by atoms with Crippen LogP contribution in [0.25, 0.3) is 11.3 Å². The fraction of sp³-hybridized carbons (Fsp3) is 0.238. The second kappa shape index (κ2) is 7.42. The minimum Gasteiger partial charge on any atom is -0.390 e. The number of aromatic nitrogens is 2. The molecule has 138 valence electrons. The molecular weight excluding hydrogens is 343 g/mol. The van der Waals surface area contributed by atoms with Crippen molar-refractivity contribution < 1.29 is 9.50 Å². The average molecular weight is 364 g/mol. The van der Waals surface area contributed by atoms with Crippen molar-refractivity contribution in [2.45, 2.75) is 13.2 Å². The summed E-state index contributed by atoms with van der Waals surface area (Å²) in [6.07, 6.45) is 0. The molecule has 0 spiro atoms. The normalized spacial score (nSPS) is 14.7. The van der Waals surface area contributed by atoms with Gasteiger partial charge in [-0.2, -0.15) is 10.2 Å². The monoisotopic (exact) mass is 364 g/mol. The largest absolute Gasteiger partial charge is 0.390 e. The molecule has 2 aromatic carbocycles. The highest BCUT2D eigenvalue weighted by Crippen LogP contribution is 2.35. The molecule has 0 bridgehead atoms. The molecular formula is C21H21FN4O. The molecule has 2 heterocycles. The average Bonchev–Trinajstić information content (AvgIpc) is 2.86. The number of aliphatic hydroxyl groups excluding tert-OH is 1. The van der Waals surface area contributed by atoms with E-state index in [1.165, 1.54) is 6.07 Å². The predicted octanol–water partition coefficient (Wildman–Crippen LogP) is 3.36. The van der Waals surface area contributed by atoms with E-state index in [9.17, 15) is 4.39 Å². The second-order valence-corrected chi connectivity index (χ2v) is 6.75. The summed E-state index contributed by atoms with van der Waals surface area (Å²) in [6, 6.07) is 16.6. The lowest BCUT2D eigenvalue weighted by Crippen LogP contribution is -2.26. The summed E-state index contributed by atoms with van der Waals surface area (Å²) in [7, 11) is 2.07. The van der Waals surface area contributed by atoms with Gasteiger partial charge in [0.05, 0.1) is 23.7 Å². The Morgan fingerprint density at radius 2 is 1.85 bits per heavy atom. The number of hydrogen-bond donors (Lipinski definition) is 1. The van der Waals surface area contributed by atoms with Crippen molar-refractivity contribution in [1.82, 2.24) is 15.1 Å². The molecule has 0 saturated heterocycles. The summed E-state index contributed by atoms with van der Waals surface area (Å²) in [6.45, 7) is 2.20. The Bertz CT molecular complexity index is 945. The van der Waals surface area contributed by atoms with Crippen LogP contribution in [0.1, 0.15) is 11.3 Å². The number of nitrogens with zero attached hydrogens (tertiary/aromatic N) is 4. The number of aliphatic hydroxyl groups is 1. The molecule has 0 radical (unpaired) electrons. The van der Waals surface area contributed by atoms with E-state index in [-0.39, 0.29) is 12.4 Å². The molecule has 3 aromatic rings. The zero-order chi connectivity index (χ0) is 18.8. The van der Waals surface area contributed by atoms with Gasteiger partial charge >= 0.3 is 0 Å². The molecule has 5 nitrogen and oxygen atoms in total. The Labute approximate surface area is 157 Å². The number of fused-ring (bicyclic) bond motifs is 1. The van der Waals surface area contributed by atoms with Gasteiger partial charge < -0.3 is 14.9 Å².